The lowest BCUT2D eigenvalue weighted by molar-refractivity contribution is 0.100. The van der Waals surface area contributed by atoms with Crippen molar-refractivity contribution in [3.05, 3.63) is 52.6 Å². The highest BCUT2D eigenvalue weighted by atomic mass is 32.1. The van der Waals surface area contributed by atoms with E-state index in [0.717, 1.165) is 22.5 Å². The predicted molar refractivity (Wildman–Crippen MR) is 109 cm³/mol. The molecular formula is C21H23N3O2S. The molecule has 6 heteroatoms. The van der Waals surface area contributed by atoms with Crippen molar-refractivity contribution in [3.8, 4) is 11.3 Å². The molecule has 4 rings (SSSR count). The summed E-state index contributed by atoms with van der Waals surface area (Å²) in [6.07, 6.45) is 5.65. The molecule has 27 heavy (non-hydrogen) atoms. The third-order valence-electron chi connectivity index (χ3n) is 5.10. The number of rotatable bonds is 6. The average Bonchev–Trinajstić information content (AvgIpc) is 3.43. The first-order valence-corrected chi connectivity index (χ1v) is 10.2. The molecule has 1 aromatic carbocycles. The largest absolute Gasteiger partial charge is 0.397 e. The van der Waals surface area contributed by atoms with Gasteiger partial charge in [0.2, 0.25) is 11.5 Å². The van der Waals surface area contributed by atoms with E-state index in [9.17, 15) is 4.79 Å². The normalized spacial score (nSPS) is 14.6. The van der Waals surface area contributed by atoms with Gasteiger partial charge in [-0.25, -0.2) is 0 Å². The molecule has 2 heterocycles. The van der Waals surface area contributed by atoms with Crippen molar-refractivity contribution in [2.45, 2.75) is 45.1 Å². The number of nitrogens with zero attached hydrogens (tertiary/aromatic N) is 1. The Labute approximate surface area is 162 Å². The zero-order chi connectivity index (χ0) is 18.8. The third kappa shape index (κ3) is 3.49. The van der Waals surface area contributed by atoms with Crippen LogP contribution in [0, 0.1) is 0 Å². The van der Waals surface area contributed by atoms with Gasteiger partial charge in [-0.05, 0) is 19.3 Å². The first kappa shape index (κ1) is 17.8. The molecule has 0 amide bonds. The second-order valence-corrected chi connectivity index (χ2v) is 7.92. The van der Waals surface area contributed by atoms with Crippen LogP contribution in [0.15, 0.2) is 40.9 Å². The Kier molecular flexibility index (Phi) is 4.99. The van der Waals surface area contributed by atoms with Crippen LogP contribution in [0.5, 0.6) is 0 Å². The van der Waals surface area contributed by atoms with E-state index in [1.807, 2.05) is 30.3 Å². The molecule has 0 spiro atoms. The summed E-state index contributed by atoms with van der Waals surface area (Å²) < 4.78 is 5.34. The zero-order valence-electron chi connectivity index (χ0n) is 15.3. The second kappa shape index (κ2) is 7.56. The monoisotopic (exact) mass is 381 g/mol. The lowest BCUT2D eigenvalue weighted by Crippen LogP contribution is -2.14. The number of anilines is 2. The summed E-state index contributed by atoms with van der Waals surface area (Å²) in [7, 11) is 0. The molecule has 140 valence electrons. The zero-order valence-corrected chi connectivity index (χ0v) is 16.1. The summed E-state index contributed by atoms with van der Waals surface area (Å²) in [6, 6.07) is 11.8. The lowest BCUT2D eigenvalue weighted by atomic mass is 10.1. The highest BCUT2D eigenvalue weighted by Gasteiger charge is 2.26. The SMILES string of the molecule is CCc1c(NC2CCCC2)sc(C(=O)c2cc(-c3ccccc3)no2)c1N. The number of hydrogen-bond donors (Lipinski definition) is 2. The summed E-state index contributed by atoms with van der Waals surface area (Å²) in [4.78, 5) is 13.5. The molecular weight excluding hydrogens is 358 g/mol. The van der Waals surface area contributed by atoms with Gasteiger partial charge < -0.3 is 15.6 Å². The Morgan fingerprint density at radius 1 is 1.30 bits per heavy atom. The van der Waals surface area contributed by atoms with Crippen molar-refractivity contribution >= 4 is 27.8 Å². The van der Waals surface area contributed by atoms with E-state index in [1.54, 1.807) is 6.07 Å². The maximum atomic E-state index is 13.0. The van der Waals surface area contributed by atoms with Crippen LogP contribution in [-0.2, 0) is 6.42 Å². The van der Waals surface area contributed by atoms with Gasteiger partial charge in [-0.15, -0.1) is 11.3 Å². The van der Waals surface area contributed by atoms with Gasteiger partial charge in [-0.2, -0.15) is 0 Å². The van der Waals surface area contributed by atoms with Crippen LogP contribution in [0.4, 0.5) is 10.7 Å². The second-order valence-electron chi connectivity index (χ2n) is 6.90. The van der Waals surface area contributed by atoms with Crippen molar-refractivity contribution in [2.75, 3.05) is 11.1 Å². The van der Waals surface area contributed by atoms with Gasteiger partial charge in [0.05, 0.1) is 10.7 Å². The van der Waals surface area contributed by atoms with Gasteiger partial charge in [0.1, 0.15) is 10.6 Å². The van der Waals surface area contributed by atoms with Gasteiger partial charge in [-0.1, -0.05) is 55.3 Å². The minimum Gasteiger partial charge on any atom is -0.397 e. The predicted octanol–water partition coefficient (Wildman–Crippen LogP) is 5.13. The van der Waals surface area contributed by atoms with Crippen LogP contribution in [0.25, 0.3) is 11.3 Å². The van der Waals surface area contributed by atoms with E-state index in [1.165, 1.54) is 37.0 Å². The Hall–Kier alpha value is -2.60. The minimum atomic E-state index is -0.207. The van der Waals surface area contributed by atoms with E-state index >= 15 is 0 Å². The summed E-state index contributed by atoms with van der Waals surface area (Å²) in [6.45, 7) is 2.06. The number of carbonyl (C=O) groups excluding carboxylic acids is 1. The molecule has 0 atom stereocenters. The van der Waals surface area contributed by atoms with Crippen LogP contribution in [0.2, 0.25) is 0 Å². The van der Waals surface area contributed by atoms with E-state index in [0.29, 0.717) is 22.3 Å². The lowest BCUT2D eigenvalue weighted by Gasteiger charge is -2.13. The highest BCUT2D eigenvalue weighted by molar-refractivity contribution is 7.19. The molecule has 0 radical (unpaired) electrons. The number of thiophene rings is 1. The first-order chi connectivity index (χ1) is 13.2. The van der Waals surface area contributed by atoms with E-state index in [-0.39, 0.29) is 11.5 Å². The molecule has 1 aliphatic rings. The Balaban J connectivity index is 1.62. The molecule has 0 unspecified atom stereocenters. The summed E-state index contributed by atoms with van der Waals surface area (Å²) >= 11 is 1.43. The molecule has 1 fully saturated rings. The number of hydrogen-bond acceptors (Lipinski definition) is 6. The summed E-state index contributed by atoms with van der Waals surface area (Å²) in [5.41, 5.74) is 9.48. The number of nitrogen functional groups attached to an aromatic ring is 1. The molecule has 3 N–H and O–H groups in total. The van der Waals surface area contributed by atoms with Gasteiger partial charge in [0.15, 0.2) is 0 Å². The Bertz CT molecular complexity index is 940. The molecule has 0 bridgehead atoms. The first-order valence-electron chi connectivity index (χ1n) is 9.42. The molecule has 5 nitrogen and oxygen atoms in total. The molecule has 3 aromatic rings. The topological polar surface area (TPSA) is 81.2 Å². The van der Waals surface area contributed by atoms with Crippen LogP contribution in [0.1, 0.15) is 53.6 Å². The van der Waals surface area contributed by atoms with Crippen molar-refractivity contribution in [1.82, 2.24) is 5.16 Å². The van der Waals surface area contributed by atoms with Crippen LogP contribution < -0.4 is 11.1 Å². The fourth-order valence-electron chi connectivity index (χ4n) is 3.61. The van der Waals surface area contributed by atoms with Crippen molar-refractivity contribution < 1.29 is 9.32 Å². The molecule has 1 saturated carbocycles. The van der Waals surface area contributed by atoms with E-state index in [4.69, 9.17) is 10.3 Å². The highest BCUT2D eigenvalue weighted by Crippen LogP contribution is 2.39. The van der Waals surface area contributed by atoms with E-state index in [2.05, 4.69) is 17.4 Å². The summed E-state index contributed by atoms with van der Waals surface area (Å²) in [5.74, 6) is 0.0122. The van der Waals surface area contributed by atoms with Gasteiger partial charge in [-0.3, -0.25) is 4.79 Å². The molecule has 0 aliphatic heterocycles. The van der Waals surface area contributed by atoms with Gasteiger partial charge in [0, 0.05) is 23.2 Å². The van der Waals surface area contributed by atoms with Crippen LogP contribution in [0.3, 0.4) is 0 Å². The standard InChI is InChI=1S/C21H23N3O2S/c1-2-15-18(22)20(27-21(15)23-14-10-6-7-11-14)19(25)17-12-16(24-26-17)13-8-4-3-5-9-13/h3-5,8-9,12,14,23H,2,6-7,10-11,22H2,1H3. The summed E-state index contributed by atoms with van der Waals surface area (Å²) in [5, 5.41) is 8.67. The van der Waals surface area contributed by atoms with Crippen molar-refractivity contribution in [2.24, 2.45) is 0 Å². The fraction of sp³-hybridized carbons (Fsp3) is 0.333. The minimum absolute atomic E-state index is 0.207. The van der Waals surface area contributed by atoms with Crippen molar-refractivity contribution in [1.29, 1.82) is 0 Å². The number of carbonyl (C=O) groups is 1. The van der Waals surface area contributed by atoms with E-state index < -0.39 is 0 Å². The Morgan fingerprint density at radius 2 is 2.04 bits per heavy atom. The fourth-order valence-corrected chi connectivity index (χ4v) is 4.84. The average molecular weight is 382 g/mol. The van der Waals surface area contributed by atoms with Gasteiger partial charge in [0.25, 0.3) is 0 Å². The number of benzene rings is 1. The molecule has 2 aromatic heterocycles. The number of nitrogens with two attached hydrogens (primary N) is 1. The molecule has 0 saturated heterocycles. The van der Waals surface area contributed by atoms with Gasteiger partial charge >= 0.3 is 0 Å². The number of aromatic nitrogens is 1. The number of nitrogens with one attached hydrogen (secondary N) is 1. The van der Waals surface area contributed by atoms with Crippen LogP contribution >= 0.6 is 11.3 Å². The van der Waals surface area contributed by atoms with Crippen LogP contribution in [-0.4, -0.2) is 17.0 Å². The maximum absolute atomic E-state index is 13.0. The quantitative estimate of drug-likeness (QED) is 0.578. The molecule has 1 aliphatic carbocycles. The van der Waals surface area contributed by atoms with Crippen molar-refractivity contribution in [3.63, 3.8) is 0 Å². The number of ketones is 1. The Morgan fingerprint density at radius 3 is 2.74 bits per heavy atom. The maximum Gasteiger partial charge on any atom is 0.243 e. The third-order valence-corrected chi connectivity index (χ3v) is 6.28. The smallest absolute Gasteiger partial charge is 0.243 e.